The maximum Gasteiger partial charge on any atom is 0.336 e. The van der Waals surface area contributed by atoms with Gasteiger partial charge in [0.15, 0.2) is 11.2 Å². The SMILES string of the molecule is CC(=O)c1ccc(C(=O)O)c(-c2c3ccc4cc(O)ccc4c3oc3c2ccc2cc(=O)ccc23)c1. The number of aromatic hydroxyl groups is 1. The Morgan fingerprint density at radius 1 is 0.722 bits per heavy atom. The molecule has 0 saturated carbocycles. The highest BCUT2D eigenvalue weighted by atomic mass is 16.4. The van der Waals surface area contributed by atoms with E-state index in [1.54, 1.807) is 36.4 Å². The Morgan fingerprint density at radius 3 is 1.97 bits per heavy atom. The van der Waals surface area contributed by atoms with Crippen molar-refractivity contribution in [3.05, 3.63) is 100 Å². The number of phenols is 1. The van der Waals surface area contributed by atoms with Gasteiger partial charge in [0.2, 0.25) is 0 Å². The summed E-state index contributed by atoms with van der Waals surface area (Å²) in [6.07, 6.45) is 0. The van der Waals surface area contributed by atoms with Gasteiger partial charge in [0.25, 0.3) is 0 Å². The van der Waals surface area contributed by atoms with Crippen LogP contribution in [0.2, 0.25) is 0 Å². The second kappa shape index (κ2) is 7.78. The van der Waals surface area contributed by atoms with Crippen molar-refractivity contribution in [2.45, 2.75) is 6.92 Å². The van der Waals surface area contributed by atoms with Crippen molar-refractivity contribution in [1.82, 2.24) is 0 Å². The van der Waals surface area contributed by atoms with E-state index in [1.165, 1.54) is 31.2 Å². The minimum atomic E-state index is -1.12. The highest BCUT2D eigenvalue weighted by Gasteiger charge is 2.21. The summed E-state index contributed by atoms with van der Waals surface area (Å²) >= 11 is 0. The number of hydrogen-bond acceptors (Lipinski definition) is 5. The fourth-order valence-electron chi connectivity index (χ4n) is 4.88. The molecule has 6 nitrogen and oxygen atoms in total. The van der Waals surface area contributed by atoms with Gasteiger partial charge in [0.05, 0.1) is 5.56 Å². The summed E-state index contributed by atoms with van der Waals surface area (Å²) in [5.41, 5.74) is 2.28. The predicted molar refractivity (Wildman–Crippen MR) is 139 cm³/mol. The summed E-state index contributed by atoms with van der Waals surface area (Å²) in [6, 6.07) is 21.4. The first-order chi connectivity index (χ1) is 17.3. The largest absolute Gasteiger partial charge is 0.508 e. The maximum atomic E-state index is 12.3. The van der Waals surface area contributed by atoms with Crippen molar-refractivity contribution in [2.75, 3.05) is 0 Å². The van der Waals surface area contributed by atoms with E-state index < -0.39 is 5.97 Å². The number of rotatable bonds is 3. The molecule has 0 amide bonds. The summed E-state index contributed by atoms with van der Waals surface area (Å²) in [6.45, 7) is 1.43. The van der Waals surface area contributed by atoms with Crippen LogP contribution in [0.1, 0.15) is 27.6 Å². The number of Topliss-reactive ketones (excluding diaryl/α,β-unsaturated/α-hetero) is 1. The van der Waals surface area contributed by atoms with Crippen molar-refractivity contribution in [3.63, 3.8) is 0 Å². The fraction of sp³-hybridized carbons (Fsp3) is 0.0333. The highest BCUT2D eigenvalue weighted by Crippen LogP contribution is 2.43. The Hall–Kier alpha value is -4.97. The molecule has 1 aromatic heterocycles. The van der Waals surface area contributed by atoms with Crippen molar-refractivity contribution < 1.29 is 24.2 Å². The first kappa shape index (κ1) is 21.6. The molecule has 6 aromatic rings. The molecule has 0 aliphatic carbocycles. The van der Waals surface area contributed by atoms with Crippen molar-refractivity contribution in [2.24, 2.45) is 0 Å². The summed E-state index contributed by atoms with van der Waals surface area (Å²) < 4.78 is 6.49. The van der Waals surface area contributed by atoms with Crippen LogP contribution in [0.15, 0.2) is 88.1 Å². The van der Waals surface area contributed by atoms with Crippen molar-refractivity contribution in [3.8, 4) is 16.9 Å². The van der Waals surface area contributed by atoms with Gasteiger partial charge in [-0.1, -0.05) is 18.2 Å². The lowest BCUT2D eigenvalue weighted by Crippen LogP contribution is -2.03. The molecule has 6 heteroatoms. The van der Waals surface area contributed by atoms with Gasteiger partial charge in [0, 0.05) is 32.7 Å². The van der Waals surface area contributed by atoms with Gasteiger partial charge >= 0.3 is 5.97 Å². The van der Waals surface area contributed by atoms with Crippen LogP contribution in [0.5, 0.6) is 5.75 Å². The van der Waals surface area contributed by atoms with Crippen LogP contribution in [0.3, 0.4) is 0 Å². The lowest BCUT2D eigenvalue weighted by Gasteiger charge is -2.16. The third-order valence-corrected chi connectivity index (χ3v) is 6.56. The number of hydrogen-bond donors (Lipinski definition) is 2. The lowest BCUT2D eigenvalue weighted by molar-refractivity contribution is 0.0697. The average Bonchev–Trinajstić information content (AvgIpc) is 2.86. The zero-order valence-corrected chi connectivity index (χ0v) is 19.0. The Kier molecular flexibility index (Phi) is 4.66. The fourth-order valence-corrected chi connectivity index (χ4v) is 4.88. The molecule has 0 fully saturated rings. The number of fused-ring (bicyclic) bond motifs is 6. The summed E-state index contributed by atoms with van der Waals surface area (Å²) in [5.74, 6) is -1.19. The van der Waals surface area contributed by atoms with Gasteiger partial charge in [-0.2, -0.15) is 0 Å². The molecule has 0 bridgehead atoms. The lowest BCUT2D eigenvalue weighted by atomic mass is 9.89. The molecule has 5 aromatic carbocycles. The van der Waals surface area contributed by atoms with E-state index in [-0.39, 0.29) is 22.5 Å². The Balaban J connectivity index is 1.89. The van der Waals surface area contributed by atoms with E-state index in [9.17, 15) is 24.6 Å². The van der Waals surface area contributed by atoms with Crippen LogP contribution in [0, 0.1) is 0 Å². The van der Waals surface area contributed by atoms with E-state index in [2.05, 4.69) is 0 Å². The molecule has 36 heavy (non-hydrogen) atoms. The molecule has 0 spiro atoms. The number of aromatic carboxylic acids is 1. The third kappa shape index (κ3) is 3.23. The average molecular weight is 474 g/mol. The number of ketones is 1. The van der Waals surface area contributed by atoms with Crippen LogP contribution in [0.25, 0.3) is 54.6 Å². The zero-order chi connectivity index (χ0) is 25.1. The van der Waals surface area contributed by atoms with Gasteiger partial charge in [0.1, 0.15) is 16.9 Å². The van der Waals surface area contributed by atoms with Crippen LogP contribution >= 0.6 is 0 Å². The van der Waals surface area contributed by atoms with Gasteiger partial charge in [-0.25, -0.2) is 4.79 Å². The number of benzene rings is 5. The molecule has 0 radical (unpaired) electrons. The second-order valence-electron chi connectivity index (χ2n) is 8.77. The van der Waals surface area contributed by atoms with E-state index >= 15 is 0 Å². The number of phenolic OH excluding ortho intramolecular Hbond substituents is 1. The van der Waals surface area contributed by atoms with E-state index in [1.807, 2.05) is 18.2 Å². The van der Waals surface area contributed by atoms with Crippen LogP contribution in [-0.4, -0.2) is 22.0 Å². The number of carbonyl (C=O) groups excluding carboxylic acids is 1. The molecule has 0 saturated heterocycles. The third-order valence-electron chi connectivity index (χ3n) is 6.56. The topological polar surface area (TPSA) is 105 Å². The summed E-state index contributed by atoms with van der Waals surface area (Å²) in [5, 5.41) is 24.2. The molecule has 2 N–H and O–H groups in total. The predicted octanol–water partition coefficient (Wildman–Crippen LogP) is 6.53. The molecule has 174 valence electrons. The molecule has 0 aliphatic rings. The molecular formula is C30H18O6. The van der Waals surface area contributed by atoms with Crippen LogP contribution in [0.4, 0.5) is 0 Å². The van der Waals surface area contributed by atoms with Gasteiger partial charge in [-0.15, -0.1) is 0 Å². The molecule has 0 atom stereocenters. The zero-order valence-electron chi connectivity index (χ0n) is 19.0. The van der Waals surface area contributed by atoms with Gasteiger partial charge in [-0.3, -0.25) is 9.59 Å². The smallest absolute Gasteiger partial charge is 0.336 e. The van der Waals surface area contributed by atoms with Gasteiger partial charge < -0.3 is 14.6 Å². The minimum absolute atomic E-state index is 0.0506. The quantitative estimate of drug-likeness (QED) is 0.172. The minimum Gasteiger partial charge on any atom is -0.508 e. The first-order valence-electron chi connectivity index (χ1n) is 11.3. The molecule has 6 rings (SSSR count). The standard InChI is InChI=1S/C30H18O6/c1-15(31)16-2-7-23(30(34)35)26(14-16)27-24-8-3-17-12-19(32)5-10-21(17)28(24)36-29-22-11-6-20(33)13-18(22)4-9-25(27)29/h2-14,32H,1H3,(H,34,35). The van der Waals surface area contributed by atoms with E-state index in [4.69, 9.17) is 4.42 Å². The number of carbonyl (C=O) groups is 2. The Morgan fingerprint density at radius 2 is 1.33 bits per heavy atom. The van der Waals surface area contributed by atoms with E-state index in [0.717, 1.165) is 10.8 Å². The molecule has 1 heterocycles. The monoisotopic (exact) mass is 474 g/mol. The summed E-state index contributed by atoms with van der Waals surface area (Å²) in [7, 11) is 0. The highest BCUT2D eigenvalue weighted by molar-refractivity contribution is 6.21. The van der Waals surface area contributed by atoms with E-state index in [0.29, 0.717) is 49.4 Å². The molecule has 0 unspecified atom stereocenters. The molecule has 0 aliphatic heterocycles. The maximum absolute atomic E-state index is 12.3. The Bertz CT molecular complexity index is 1980. The summed E-state index contributed by atoms with van der Waals surface area (Å²) in [4.78, 5) is 36.5. The van der Waals surface area contributed by atoms with Crippen LogP contribution in [-0.2, 0) is 0 Å². The van der Waals surface area contributed by atoms with Crippen LogP contribution < -0.4 is 5.43 Å². The normalized spacial score (nSPS) is 11.5. The first-order valence-corrected chi connectivity index (χ1v) is 11.3. The second-order valence-corrected chi connectivity index (χ2v) is 8.77. The number of carboxylic acids is 1. The number of carboxylic acid groups (broad SMARTS) is 1. The van der Waals surface area contributed by atoms with Crippen molar-refractivity contribution in [1.29, 1.82) is 0 Å². The van der Waals surface area contributed by atoms with Gasteiger partial charge in [-0.05, 0) is 83.9 Å². The molecular weight excluding hydrogens is 456 g/mol. The Labute approximate surface area is 203 Å². The van der Waals surface area contributed by atoms with Crippen molar-refractivity contribution >= 4 is 55.2 Å².